The summed E-state index contributed by atoms with van der Waals surface area (Å²) >= 11 is 0. The fraction of sp³-hybridized carbons (Fsp3) is 0.208. The van der Waals surface area contributed by atoms with Gasteiger partial charge in [-0.2, -0.15) is 0 Å². The molecule has 0 aromatic heterocycles. The van der Waals surface area contributed by atoms with Gasteiger partial charge < -0.3 is 4.48 Å². The molecular weight excluding hydrogens is 318 g/mol. The largest absolute Gasteiger partial charge is 0.324 e. The monoisotopic (exact) mass is 344 g/mol. The molecule has 0 amide bonds. The zero-order chi connectivity index (χ0) is 18.4. The van der Waals surface area contributed by atoms with Crippen molar-refractivity contribution in [2.45, 2.75) is 13.0 Å². The number of likely N-dealkylation sites (N-methyl/N-ethyl adjacent to an activating group) is 1. The standard InChI is InChI=1S/C24H26NO/c1-25(2,18-17-20-9-5-3-6-10-20)19-21-13-15-23(16-14-21)24(26)22-11-7-4-8-12-22/h3-16H,17-19H2,1-2H3/q+1. The van der Waals surface area contributed by atoms with Gasteiger partial charge in [-0.15, -0.1) is 0 Å². The molecule has 3 rings (SSSR count). The van der Waals surface area contributed by atoms with E-state index in [9.17, 15) is 4.79 Å². The van der Waals surface area contributed by atoms with Gasteiger partial charge in [0.1, 0.15) is 6.54 Å². The predicted molar refractivity (Wildman–Crippen MR) is 107 cm³/mol. The van der Waals surface area contributed by atoms with Crippen LogP contribution in [0.15, 0.2) is 84.9 Å². The molecule has 0 heterocycles. The third kappa shape index (κ3) is 4.90. The van der Waals surface area contributed by atoms with E-state index in [2.05, 4.69) is 56.6 Å². The second kappa shape index (κ2) is 8.11. The van der Waals surface area contributed by atoms with Gasteiger partial charge in [-0.05, 0) is 5.56 Å². The number of hydrogen-bond acceptors (Lipinski definition) is 1. The Morgan fingerprint density at radius 3 is 1.85 bits per heavy atom. The zero-order valence-corrected chi connectivity index (χ0v) is 15.6. The fourth-order valence-corrected chi connectivity index (χ4v) is 3.17. The minimum absolute atomic E-state index is 0.0787. The molecule has 3 aromatic carbocycles. The van der Waals surface area contributed by atoms with Crippen LogP contribution in [0.2, 0.25) is 0 Å². The van der Waals surface area contributed by atoms with Crippen molar-refractivity contribution in [3.8, 4) is 0 Å². The second-order valence-corrected chi connectivity index (χ2v) is 7.45. The number of quaternary nitrogens is 1. The molecule has 0 bridgehead atoms. The van der Waals surface area contributed by atoms with Crippen molar-refractivity contribution < 1.29 is 9.28 Å². The van der Waals surface area contributed by atoms with E-state index >= 15 is 0 Å². The summed E-state index contributed by atoms with van der Waals surface area (Å²) in [7, 11) is 4.51. The van der Waals surface area contributed by atoms with Crippen molar-refractivity contribution >= 4 is 5.78 Å². The molecule has 0 unspecified atom stereocenters. The molecule has 0 aliphatic rings. The van der Waals surface area contributed by atoms with Gasteiger partial charge >= 0.3 is 0 Å². The number of benzene rings is 3. The van der Waals surface area contributed by atoms with Crippen LogP contribution < -0.4 is 0 Å². The summed E-state index contributed by atoms with van der Waals surface area (Å²) in [6, 6.07) is 28.1. The fourth-order valence-electron chi connectivity index (χ4n) is 3.17. The average Bonchev–Trinajstić information content (AvgIpc) is 2.68. The first-order chi connectivity index (χ1) is 12.5. The molecule has 0 saturated heterocycles. The van der Waals surface area contributed by atoms with Crippen LogP contribution >= 0.6 is 0 Å². The summed E-state index contributed by atoms with van der Waals surface area (Å²) in [5.41, 5.74) is 4.11. The molecule has 0 spiro atoms. The van der Waals surface area contributed by atoms with Crippen LogP contribution in [0.5, 0.6) is 0 Å². The molecule has 0 aliphatic carbocycles. The lowest BCUT2D eigenvalue weighted by atomic mass is 10.0. The number of hydrogen-bond donors (Lipinski definition) is 0. The molecule has 0 radical (unpaired) electrons. The Labute approximate surface area is 156 Å². The summed E-state index contributed by atoms with van der Waals surface area (Å²) < 4.78 is 0.918. The van der Waals surface area contributed by atoms with Crippen molar-refractivity contribution in [2.24, 2.45) is 0 Å². The summed E-state index contributed by atoms with van der Waals surface area (Å²) in [6.45, 7) is 2.03. The van der Waals surface area contributed by atoms with Gasteiger partial charge in [-0.25, -0.2) is 0 Å². The minimum Gasteiger partial charge on any atom is -0.324 e. The van der Waals surface area contributed by atoms with E-state index in [-0.39, 0.29) is 5.78 Å². The molecule has 0 saturated carbocycles. The molecule has 3 aromatic rings. The van der Waals surface area contributed by atoms with Crippen molar-refractivity contribution in [2.75, 3.05) is 20.6 Å². The Kier molecular flexibility index (Phi) is 5.65. The lowest BCUT2D eigenvalue weighted by Crippen LogP contribution is -2.40. The molecule has 2 heteroatoms. The lowest BCUT2D eigenvalue weighted by Gasteiger charge is -2.30. The number of rotatable bonds is 7. The van der Waals surface area contributed by atoms with Crippen LogP contribution in [0.1, 0.15) is 27.0 Å². The Bertz CT molecular complexity index is 836. The molecule has 132 valence electrons. The number of nitrogens with zero attached hydrogens (tertiary/aromatic N) is 1. The Balaban J connectivity index is 1.62. The van der Waals surface area contributed by atoms with Gasteiger partial charge in [0.05, 0.1) is 20.6 Å². The molecule has 0 aliphatic heterocycles. The van der Waals surface area contributed by atoms with Crippen LogP contribution in [-0.2, 0) is 13.0 Å². The maximum absolute atomic E-state index is 12.5. The first kappa shape index (κ1) is 18.1. The predicted octanol–water partition coefficient (Wildman–Crippen LogP) is 4.74. The summed E-state index contributed by atoms with van der Waals surface area (Å²) in [4.78, 5) is 12.5. The third-order valence-electron chi connectivity index (χ3n) is 4.71. The maximum atomic E-state index is 12.5. The Morgan fingerprint density at radius 1 is 0.692 bits per heavy atom. The van der Waals surface area contributed by atoms with Gasteiger partial charge in [-0.3, -0.25) is 4.79 Å². The first-order valence-electron chi connectivity index (χ1n) is 9.08. The van der Waals surface area contributed by atoms with E-state index in [1.807, 2.05) is 42.5 Å². The van der Waals surface area contributed by atoms with Crippen molar-refractivity contribution in [3.63, 3.8) is 0 Å². The van der Waals surface area contributed by atoms with Crippen molar-refractivity contribution in [1.82, 2.24) is 0 Å². The quantitative estimate of drug-likeness (QED) is 0.447. The molecule has 0 fully saturated rings. The number of carbonyl (C=O) groups is 1. The number of ketones is 1. The van der Waals surface area contributed by atoms with Gasteiger partial charge in [-0.1, -0.05) is 84.9 Å². The maximum Gasteiger partial charge on any atom is 0.193 e. The summed E-state index contributed by atoms with van der Waals surface area (Å²) in [6.07, 6.45) is 1.07. The lowest BCUT2D eigenvalue weighted by molar-refractivity contribution is -0.903. The van der Waals surface area contributed by atoms with Gasteiger partial charge in [0.2, 0.25) is 0 Å². The third-order valence-corrected chi connectivity index (χ3v) is 4.71. The van der Waals surface area contributed by atoms with Gasteiger partial charge in [0, 0.05) is 23.1 Å². The van der Waals surface area contributed by atoms with Crippen LogP contribution in [0, 0.1) is 0 Å². The molecule has 2 nitrogen and oxygen atoms in total. The van der Waals surface area contributed by atoms with E-state index in [0.29, 0.717) is 0 Å². The topological polar surface area (TPSA) is 17.1 Å². The van der Waals surface area contributed by atoms with E-state index in [1.165, 1.54) is 11.1 Å². The highest BCUT2D eigenvalue weighted by Crippen LogP contribution is 2.15. The van der Waals surface area contributed by atoms with Crippen molar-refractivity contribution in [1.29, 1.82) is 0 Å². The highest BCUT2D eigenvalue weighted by atomic mass is 16.1. The molecule has 0 atom stereocenters. The van der Waals surface area contributed by atoms with Crippen LogP contribution in [-0.4, -0.2) is 30.9 Å². The van der Waals surface area contributed by atoms with E-state index in [0.717, 1.165) is 35.1 Å². The van der Waals surface area contributed by atoms with Crippen LogP contribution in [0.25, 0.3) is 0 Å². The normalized spacial score (nSPS) is 11.3. The molecule has 26 heavy (non-hydrogen) atoms. The van der Waals surface area contributed by atoms with Crippen molar-refractivity contribution in [3.05, 3.63) is 107 Å². The summed E-state index contributed by atoms with van der Waals surface area (Å²) in [5, 5.41) is 0. The number of carbonyl (C=O) groups excluding carboxylic acids is 1. The smallest absolute Gasteiger partial charge is 0.193 e. The molecular formula is C24H26NO+. The SMILES string of the molecule is C[N+](C)(CCc1ccccc1)Cc1ccc(C(=O)c2ccccc2)cc1. The van der Waals surface area contributed by atoms with E-state index < -0.39 is 0 Å². The highest BCUT2D eigenvalue weighted by Gasteiger charge is 2.16. The molecule has 0 N–H and O–H groups in total. The minimum atomic E-state index is 0.0787. The van der Waals surface area contributed by atoms with E-state index in [1.54, 1.807) is 0 Å². The van der Waals surface area contributed by atoms with E-state index in [4.69, 9.17) is 0 Å². The van der Waals surface area contributed by atoms with Crippen LogP contribution in [0.3, 0.4) is 0 Å². The highest BCUT2D eigenvalue weighted by molar-refractivity contribution is 6.08. The summed E-state index contributed by atoms with van der Waals surface area (Å²) in [5.74, 6) is 0.0787. The Morgan fingerprint density at radius 2 is 1.23 bits per heavy atom. The average molecular weight is 344 g/mol. The second-order valence-electron chi connectivity index (χ2n) is 7.45. The van der Waals surface area contributed by atoms with Crippen LogP contribution in [0.4, 0.5) is 0 Å². The zero-order valence-electron chi connectivity index (χ0n) is 15.6. The Hall–Kier alpha value is -2.71. The van der Waals surface area contributed by atoms with Gasteiger partial charge in [0.25, 0.3) is 0 Å². The van der Waals surface area contributed by atoms with Gasteiger partial charge in [0.15, 0.2) is 5.78 Å². The first-order valence-corrected chi connectivity index (χ1v) is 9.08.